The molecule has 146 valence electrons. The first kappa shape index (κ1) is 19.8. The number of rotatable bonds is 8. The quantitative estimate of drug-likeness (QED) is 0.588. The fourth-order valence-electron chi connectivity index (χ4n) is 2.60. The zero-order valence-electron chi connectivity index (χ0n) is 16.1. The fourth-order valence-corrected chi connectivity index (χ4v) is 3.51. The second kappa shape index (κ2) is 9.32. The zero-order chi connectivity index (χ0) is 19.9. The van der Waals surface area contributed by atoms with Crippen molar-refractivity contribution in [3.8, 4) is 17.2 Å². The van der Waals surface area contributed by atoms with E-state index in [1.807, 2.05) is 66.2 Å². The molecule has 0 bridgehead atoms. The largest absolute Gasteiger partial charge is 0.497 e. The minimum atomic E-state index is -0.280. The van der Waals surface area contributed by atoms with Gasteiger partial charge in [-0.15, -0.1) is 0 Å². The van der Waals surface area contributed by atoms with Crippen LogP contribution in [0, 0.1) is 0 Å². The molecular formula is C21H23N3O3S. The molecule has 1 atom stereocenters. The number of carbonyl (C=O) groups excluding carboxylic acids is 1. The van der Waals surface area contributed by atoms with Crippen molar-refractivity contribution in [2.45, 2.75) is 23.9 Å². The number of amides is 1. The van der Waals surface area contributed by atoms with Crippen LogP contribution in [0.5, 0.6) is 11.5 Å². The van der Waals surface area contributed by atoms with E-state index >= 15 is 0 Å². The molecule has 1 aromatic heterocycles. The molecule has 3 aromatic rings. The van der Waals surface area contributed by atoms with Crippen LogP contribution in [0.2, 0.25) is 0 Å². The summed E-state index contributed by atoms with van der Waals surface area (Å²) in [5.41, 5.74) is 1.98. The predicted molar refractivity (Wildman–Crippen MR) is 110 cm³/mol. The van der Waals surface area contributed by atoms with E-state index in [4.69, 9.17) is 9.47 Å². The molecule has 1 heterocycles. The lowest BCUT2D eigenvalue weighted by Gasteiger charge is -2.13. The topological polar surface area (TPSA) is 65.4 Å². The van der Waals surface area contributed by atoms with Gasteiger partial charge in [0.1, 0.15) is 11.5 Å². The van der Waals surface area contributed by atoms with Crippen molar-refractivity contribution in [3.05, 3.63) is 66.5 Å². The summed E-state index contributed by atoms with van der Waals surface area (Å²) >= 11 is 1.42. The average molecular weight is 398 g/mol. The summed E-state index contributed by atoms with van der Waals surface area (Å²) in [6, 6.07) is 15.3. The summed E-state index contributed by atoms with van der Waals surface area (Å²) in [6.45, 7) is 2.35. The molecule has 7 heteroatoms. The maximum atomic E-state index is 12.5. The number of benzene rings is 2. The van der Waals surface area contributed by atoms with Gasteiger partial charge in [0, 0.05) is 24.6 Å². The average Bonchev–Trinajstić information content (AvgIpc) is 3.20. The first-order valence-corrected chi connectivity index (χ1v) is 9.73. The monoisotopic (exact) mass is 397 g/mol. The number of hydrogen-bond acceptors (Lipinski definition) is 5. The lowest BCUT2D eigenvalue weighted by atomic mass is 10.2. The number of ether oxygens (including phenoxy) is 2. The van der Waals surface area contributed by atoms with Gasteiger partial charge in [0.2, 0.25) is 5.91 Å². The molecule has 0 aliphatic carbocycles. The number of methoxy groups -OCH3 is 2. The maximum Gasteiger partial charge on any atom is 0.233 e. The summed E-state index contributed by atoms with van der Waals surface area (Å²) in [4.78, 5) is 16.9. The van der Waals surface area contributed by atoms with E-state index in [1.54, 1.807) is 20.4 Å². The number of hydrogen-bond donors (Lipinski definition) is 1. The number of carbonyl (C=O) groups is 1. The van der Waals surface area contributed by atoms with Crippen molar-refractivity contribution in [1.82, 2.24) is 14.9 Å². The third-order valence-electron chi connectivity index (χ3n) is 4.23. The molecule has 0 saturated heterocycles. The lowest BCUT2D eigenvalue weighted by molar-refractivity contribution is -0.120. The highest BCUT2D eigenvalue weighted by Gasteiger charge is 2.17. The van der Waals surface area contributed by atoms with E-state index in [9.17, 15) is 4.79 Å². The SMILES string of the molecule is COc1ccc(CNC(=O)[C@H](C)Sc2nccn2-c2ccc(OC)cc2)cc1. The van der Waals surface area contributed by atoms with Crippen molar-refractivity contribution >= 4 is 17.7 Å². The second-order valence-electron chi connectivity index (χ2n) is 6.10. The normalized spacial score (nSPS) is 11.7. The van der Waals surface area contributed by atoms with E-state index in [0.29, 0.717) is 6.54 Å². The van der Waals surface area contributed by atoms with Gasteiger partial charge in [-0.2, -0.15) is 0 Å². The highest BCUT2D eigenvalue weighted by Crippen LogP contribution is 2.25. The van der Waals surface area contributed by atoms with Gasteiger partial charge in [-0.05, 0) is 48.9 Å². The molecule has 2 aromatic carbocycles. The van der Waals surface area contributed by atoms with Gasteiger partial charge in [-0.1, -0.05) is 23.9 Å². The Morgan fingerprint density at radius 3 is 2.29 bits per heavy atom. The van der Waals surface area contributed by atoms with E-state index in [2.05, 4.69) is 10.3 Å². The molecule has 0 saturated carbocycles. The van der Waals surface area contributed by atoms with Crippen molar-refractivity contribution in [1.29, 1.82) is 0 Å². The molecule has 0 unspecified atom stereocenters. The van der Waals surface area contributed by atoms with Gasteiger partial charge in [-0.3, -0.25) is 9.36 Å². The minimum Gasteiger partial charge on any atom is -0.497 e. The molecule has 0 radical (unpaired) electrons. The van der Waals surface area contributed by atoms with Crippen molar-refractivity contribution in [3.63, 3.8) is 0 Å². The van der Waals surface area contributed by atoms with Crippen LogP contribution in [-0.2, 0) is 11.3 Å². The molecule has 0 aliphatic rings. The van der Waals surface area contributed by atoms with Gasteiger partial charge < -0.3 is 14.8 Å². The van der Waals surface area contributed by atoms with Crippen molar-refractivity contribution < 1.29 is 14.3 Å². The van der Waals surface area contributed by atoms with Crippen LogP contribution in [0.1, 0.15) is 12.5 Å². The van der Waals surface area contributed by atoms with E-state index in [0.717, 1.165) is 27.9 Å². The first-order chi connectivity index (χ1) is 13.6. The van der Waals surface area contributed by atoms with E-state index < -0.39 is 0 Å². The zero-order valence-corrected chi connectivity index (χ0v) is 16.9. The van der Waals surface area contributed by atoms with E-state index in [1.165, 1.54) is 11.8 Å². The van der Waals surface area contributed by atoms with Crippen LogP contribution in [0.25, 0.3) is 5.69 Å². The van der Waals surface area contributed by atoms with Crippen LogP contribution in [0.15, 0.2) is 66.1 Å². The maximum absolute atomic E-state index is 12.5. The Morgan fingerprint density at radius 1 is 1.07 bits per heavy atom. The smallest absolute Gasteiger partial charge is 0.233 e. The Morgan fingerprint density at radius 2 is 1.68 bits per heavy atom. The predicted octanol–water partition coefficient (Wildman–Crippen LogP) is 3.69. The summed E-state index contributed by atoms with van der Waals surface area (Å²) in [5.74, 6) is 1.55. The van der Waals surface area contributed by atoms with Crippen LogP contribution >= 0.6 is 11.8 Å². The Labute approximate surface area is 168 Å². The molecule has 6 nitrogen and oxygen atoms in total. The second-order valence-corrected chi connectivity index (χ2v) is 7.41. The molecule has 28 heavy (non-hydrogen) atoms. The van der Waals surface area contributed by atoms with Gasteiger partial charge in [0.15, 0.2) is 5.16 Å². The third-order valence-corrected chi connectivity index (χ3v) is 5.32. The van der Waals surface area contributed by atoms with Crippen molar-refractivity contribution in [2.75, 3.05) is 14.2 Å². The molecule has 0 fully saturated rings. The lowest BCUT2D eigenvalue weighted by Crippen LogP contribution is -2.30. The first-order valence-electron chi connectivity index (χ1n) is 8.86. The number of nitrogens with one attached hydrogen (secondary N) is 1. The van der Waals surface area contributed by atoms with Gasteiger partial charge in [0.25, 0.3) is 0 Å². The summed E-state index contributed by atoms with van der Waals surface area (Å²) in [5, 5.41) is 3.45. The molecule has 0 aliphatic heterocycles. The summed E-state index contributed by atoms with van der Waals surface area (Å²) in [7, 11) is 3.27. The number of thioether (sulfide) groups is 1. The Hall–Kier alpha value is -2.93. The molecule has 1 amide bonds. The number of aromatic nitrogens is 2. The standard InChI is InChI=1S/C21H23N3O3S/c1-15(20(25)23-14-16-4-8-18(26-2)9-5-16)28-21-22-12-13-24(21)17-6-10-19(27-3)11-7-17/h4-13,15H,14H2,1-3H3,(H,23,25)/t15-/m0/s1. The Balaban J connectivity index is 1.60. The Kier molecular flexibility index (Phi) is 6.60. The van der Waals surface area contributed by atoms with Crippen LogP contribution in [0.4, 0.5) is 0 Å². The number of imidazole rings is 1. The Bertz CT molecular complexity index is 907. The van der Waals surface area contributed by atoms with Crippen molar-refractivity contribution in [2.24, 2.45) is 0 Å². The van der Waals surface area contributed by atoms with Gasteiger partial charge in [0.05, 0.1) is 19.5 Å². The summed E-state index contributed by atoms with van der Waals surface area (Å²) in [6.07, 6.45) is 3.61. The number of nitrogens with zero attached hydrogens (tertiary/aromatic N) is 2. The van der Waals surface area contributed by atoms with E-state index in [-0.39, 0.29) is 11.2 Å². The van der Waals surface area contributed by atoms with Gasteiger partial charge in [-0.25, -0.2) is 4.98 Å². The molecule has 1 N–H and O–H groups in total. The molecule has 3 rings (SSSR count). The minimum absolute atomic E-state index is 0.0369. The summed E-state index contributed by atoms with van der Waals surface area (Å²) < 4.78 is 12.3. The highest BCUT2D eigenvalue weighted by molar-refractivity contribution is 8.00. The fraction of sp³-hybridized carbons (Fsp3) is 0.238. The third kappa shape index (κ3) is 4.86. The highest BCUT2D eigenvalue weighted by atomic mass is 32.2. The molecular weight excluding hydrogens is 374 g/mol. The van der Waals surface area contributed by atoms with Crippen LogP contribution in [0.3, 0.4) is 0 Å². The van der Waals surface area contributed by atoms with Gasteiger partial charge >= 0.3 is 0 Å². The van der Waals surface area contributed by atoms with Crippen LogP contribution in [-0.4, -0.2) is 34.9 Å². The van der Waals surface area contributed by atoms with Crippen LogP contribution < -0.4 is 14.8 Å². The molecule has 0 spiro atoms.